The van der Waals surface area contributed by atoms with Crippen LogP contribution in [-0.2, 0) is 24.3 Å². The summed E-state index contributed by atoms with van der Waals surface area (Å²) in [6.45, 7) is 0. The maximum atomic E-state index is 12.9. The summed E-state index contributed by atoms with van der Waals surface area (Å²) >= 11 is 5.61. The molecule has 0 aromatic heterocycles. The molecule has 0 aliphatic heterocycles. The molecule has 0 aliphatic rings. The molecular formula is C11H11ClFNO6S. The predicted octanol–water partition coefficient (Wildman–Crippen LogP) is 0.774. The van der Waals surface area contributed by atoms with E-state index in [1.54, 1.807) is 4.72 Å². The Hall–Kier alpha value is -1.71. The van der Waals surface area contributed by atoms with E-state index in [0.717, 1.165) is 25.3 Å². The molecule has 0 radical (unpaired) electrons. The minimum Gasteiger partial charge on any atom is -0.480 e. The molecule has 0 spiro atoms. The summed E-state index contributed by atoms with van der Waals surface area (Å²) in [6, 6.07) is 0.781. The van der Waals surface area contributed by atoms with E-state index in [0.29, 0.717) is 0 Å². The molecule has 0 amide bonds. The normalized spacial score (nSPS) is 12.7. The monoisotopic (exact) mass is 339 g/mol. The molecule has 21 heavy (non-hydrogen) atoms. The summed E-state index contributed by atoms with van der Waals surface area (Å²) in [5.41, 5.74) is 0. The van der Waals surface area contributed by atoms with Gasteiger partial charge in [0.2, 0.25) is 10.0 Å². The van der Waals surface area contributed by atoms with E-state index >= 15 is 0 Å². The molecule has 0 saturated carbocycles. The highest BCUT2D eigenvalue weighted by Crippen LogP contribution is 2.22. The van der Waals surface area contributed by atoms with Crippen LogP contribution in [0.25, 0.3) is 0 Å². The number of carbonyl (C=O) groups is 2. The first-order chi connectivity index (χ1) is 9.67. The van der Waals surface area contributed by atoms with Crippen molar-refractivity contribution in [3.05, 3.63) is 29.0 Å². The molecule has 1 aromatic rings. The topological polar surface area (TPSA) is 110 Å². The van der Waals surface area contributed by atoms with E-state index in [4.69, 9.17) is 16.7 Å². The largest absolute Gasteiger partial charge is 0.480 e. The molecule has 2 N–H and O–H groups in total. The fraction of sp³-hybridized carbons (Fsp3) is 0.273. The fourth-order valence-electron chi connectivity index (χ4n) is 1.37. The number of methoxy groups -OCH3 is 1. The van der Waals surface area contributed by atoms with E-state index < -0.39 is 50.2 Å². The van der Waals surface area contributed by atoms with Crippen LogP contribution in [-0.4, -0.2) is 38.6 Å². The average molecular weight is 340 g/mol. The zero-order chi connectivity index (χ0) is 16.2. The number of ether oxygens (including phenoxy) is 1. The van der Waals surface area contributed by atoms with Crippen LogP contribution in [0.15, 0.2) is 23.1 Å². The molecule has 1 atom stereocenters. The number of aliphatic carboxylic acids is 1. The van der Waals surface area contributed by atoms with Gasteiger partial charge < -0.3 is 9.84 Å². The zero-order valence-corrected chi connectivity index (χ0v) is 12.2. The summed E-state index contributed by atoms with van der Waals surface area (Å²) in [6.07, 6.45) is -0.704. The van der Waals surface area contributed by atoms with Gasteiger partial charge in [-0.1, -0.05) is 11.6 Å². The number of hydrogen-bond acceptors (Lipinski definition) is 5. The highest BCUT2D eigenvalue weighted by atomic mass is 35.5. The van der Waals surface area contributed by atoms with Gasteiger partial charge in [-0.3, -0.25) is 9.59 Å². The van der Waals surface area contributed by atoms with E-state index in [2.05, 4.69) is 4.74 Å². The summed E-state index contributed by atoms with van der Waals surface area (Å²) < 4.78 is 43.0. The molecule has 116 valence electrons. The quantitative estimate of drug-likeness (QED) is 0.741. The van der Waals surface area contributed by atoms with Gasteiger partial charge in [-0.25, -0.2) is 12.8 Å². The molecule has 1 rings (SSSR count). The Labute approximate surface area is 124 Å². The second kappa shape index (κ2) is 6.83. The lowest BCUT2D eigenvalue weighted by Crippen LogP contribution is -2.42. The Kier molecular flexibility index (Phi) is 5.64. The third-order valence-electron chi connectivity index (χ3n) is 2.38. The number of nitrogens with one attached hydrogen (secondary N) is 1. The Bertz CT molecular complexity index is 663. The molecule has 7 nitrogen and oxygen atoms in total. The minimum absolute atomic E-state index is 0.412. The summed E-state index contributed by atoms with van der Waals surface area (Å²) in [4.78, 5) is 21.5. The van der Waals surface area contributed by atoms with E-state index in [1.807, 2.05) is 0 Å². The molecule has 0 fully saturated rings. The number of carboxylic acid groups (broad SMARTS) is 1. The van der Waals surface area contributed by atoms with Crippen LogP contribution in [0.3, 0.4) is 0 Å². The van der Waals surface area contributed by atoms with Gasteiger partial charge in [0.1, 0.15) is 16.8 Å². The predicted molar refractivity (Wildman–Crippen MR) is 69.8 cm³/mol. The number of halogens is 2. The van der Waals surface area contributed by atoms with E-state index in [-0.39, 0.29) is 0 Å². The van der Waals surface area contributed by atoms with E-state index in [9.17, 15) is 22.4 Å². The van der Waals surface area contributed by atoms with Crippen molar-refractivity contribution >= 4 is 33.6 Å². The van der Waals surface area contributed by atoms with Crippen molar-refractivity contribution in [1.29, 1.82) is 0 Å². The van der Waals surface area contributed by atoms with Crippen molar-refractivity contribution in [3.63, 3.8) is 0 Å². The summed E-state index contributed by atoms with van der Waals surface area (Å²) in [7, 11) is -3.31. The molecule has 1 aromatic carbocycles. The van der Waals surface area contributed by atoms with Crippen LogP contribution >= 0.6 is 11.6 Å². The Morgan fingerprint density at radius 1 is 1.48 bits per heavy atom. The van der Waals surface area contributed by atoms with Crippen LogP contribution < -0.4 is 4.72 Å². The maximum absolute atomic E-state index is 12.9. The second-order valence-electron chi connectivity index (χ2n) is 3.87. The van der Waals surface area contributed by atoms with Crippen molar-refractivity contribution in [1.82, 2.24) is 4.72 Å². The Balaban J connectivity index is 3.06. The van der Waals surface area contributed by atoms with Crippen molar-refractivity contribution in [3.8, 4) is 0 Å². The third kappa shape index (κ3) is 4.66. The first-order valence-electron chi connectivity index (χ1n) is 5.44. The average Bonchev–Trinajstić information content (AvgIpc) is 2.36. The fourth-order valence-corrected chi connectivity index (χ4v) is 3.09. The number of carbonyl (C=O) groups excluding carboxylic acids is 1. The molecule has 0 aliphatic carbocycles. The lowest BCUT2D eigenvalue weighted by Gasteiger charge is -2.14. The van der Waals surface area contributed by atoms with Crippen molar-refractivity contribution in [2.75, 3.05) is 7.11 Å². The zero-order valence-electron chi connectivity index (χ0n) is 10.7. The van der Waals surface area contributed by atoms with Gasteiger partial charge >= 0.3 is 11.9 Å². The first kappa shape index (κ1) is 17.3. The number of benzene rings is 1. The van der Waals surface area contributed by atoms with Gasteiger partial charge in [0.15, 0.2) is 0 Å². The lowest BCUT2D eigenvalue weighted by molar-refractivity contribution is -0.147. The van der Waals surface area contributed by atoms with Gasteiger partial charge in [-0.2, -0.15) is 4.72 Å². The third-order valence-corrected chi connectivity index (χ3v) is 4.33. The van der Waals surface area contributed by atoms with Gasteiger partial charge in [0.05, 0.1) is 18.6 Å². The molecule has 0 heterocycles. The Morgan fingerprint density at radius 3 is 2.57 bits per heavy atom. The smallest absolute Gasteiger partial charge is 0.322 e. The molecule has 0 unspecified atom stereocenters. The van der Waals surface area contributed by atoms with Gasteiger partial charge in [-0.05, 0) is 18.2 Å². The first-order valence-corrected chi connectivity index (χ1v) is 7.30. The van der Waals surface area contributed by atoms with Crippen molar-refractivity contribution in [2.45, 2.75) is 17.4 Å². The highest BCUT2D eigenvalue weighted by Gasteiger charge is 2.29. The van der Waals surface area contributed by atoms with Crippen LogP contribution in [0.1, 0.15) is 6.42 Å². The highest BCUT2D eigenvalue weighted by molar-refractivity contribution is 7.89. The maximum Gasteiger partial charge on any atom is 0.322 e. The minimum atomic E-state index is -4.34. The number of esters is 1. The summed E-state index contributed by atoms with van der Waals surface area (Å²) in [5.74, 6) is -3.22. The summed E-state index contributed by atoms with van der Waals surface area (Å²) in [5, 5.41) is 8.50. The number of rotatable bonds is 6. The number of hydrogen-bond donors (Lipinski definition) is 2. The molecule has 0 bridgehead atoms. The van der Waals surface area contributed by atoms with Gasteiger partial charge in [-0.15, -0.1) is 0 Å². The molecule has 10 heteroatoms. The van der Waals surface area contributed by atoms with Crippen molar-refractivity contribution in [2.24, 2.45) is 0 Å². The van der Waals surface area contributed by atoms with Crippen LogP contribution in [0.2, 0.25) is 5.02 Å². The van der Waals surface area contributed by atoms with Crippen LogP contribution in [0.4, 0.5) is 4.39 Å². The SMILES string of the molecule is COC(=O)C[C@H](NS(=O)(=O)c1ccc(F)cc1Cl)C(=O)O. The lowest BCUT2D eigenvalue weighted by atomic mass is 10.2. The van der Waals surface area contributed by atoms with Crippen molar-refractivity contribution < 1.29 is 32.2 Å². The standard InChI is InChI=1S/C11H11ClFNO6S/c1-20-10(15)5-8(11(16)17)14-21(18,19)9-3-2-6(13)4-7(9)12/h2-4,8,14H,5H2,1H3,(H,16,17)/t8-/m0/s1. The Morgan fingerprint density at radius 2 is 2.10 bits per heavy atom. The van der Waals surface area contributed by atoms with Crippen LogP contribution in [0, 0.1) is 5.82 Å². The van der Waals surface area contributed by atoms with Gasteiger partial charge in [0.25, 0.3) is 0 Å². The number of sulfonamides is 1. The molecular weight excluding hydrogens is 329 g/mol. The van der Waals surface area contributed by atoms with Gasteiger partial charge in [0, 0.05) is 0 Å². The second-order valence-corrected chi connectivity index (χ2v) is 5.96. The van der Waals surface area contributed by atoms with Crippen LogP contribution in [0.5, 0.6) is 0 Å². The number of carboxylic acids is 1. The molecule has 0 saturated heterocycles. The van der Waals surface area contributed by atoms with E-state index in [1.165, 1.54) is 0 Å².